The van der Waals surface area contributed by atoms with Crippen molar-refractivity contribution in [2.45, 2.75) is 57.6 Å². The summed E-state index contributed by atoms with van der Waals surface area (Å²) in [4.78, 5) is 17.4. The van der Waals surface area contributed by atoms with Crippen molar-refractivity contribution in [2.24, 2.45) is 0 Å². The van der Waals surface area contributed by atoms with E-state index >= 15 is 0 Å². The van der Waals surface area contributed by atoms with Crippen molar-refractivity contribution in [1.29, 1.82) is 0 Å². The van der Waals surface area contributed by atoms with Crippen LogP contribution in [0.4, 0.5) is 0 Å². The lowest BCUT2D eigenvalue weighted by Gasteiger charge is -2.30. The van der Waals surface area contributed by atoms with E-state index in [1.807, 2.05) is 19.2 Å². The molecule has 0 radical (unpaired) electrons. The first-order chi connectivity index (χ1) is 12.2. The largest absolute Gasteiger partial charge is 0.392 e. The van der Waals surface area contributed by atoms with Crippen molar-refractivity contribution >= 4 is 22.1 Å². The van der Waals surface area contributed by atoms with Crippen molar-refractivity contribution < 1.29 is 5.11 Å². The van der Waals surface area contributed by atoms with Gasteiger partial charge in [-0.3, -0.25) is 4.90 Å². The van der Waals surface area contributed by atoms with Gasteiger partial charge in [0.25, 0.3) is 0 Å². The number of hydrogen-bond acceptors (Lipinski definition) is 4. The van der Waals surface area contributed by atoms with E-state index in [-0.39, 0.29) is 6.10 Å². The van der Waals surface area contributed by atoms with Crippen LogP contribution in [0.1, 0.15) is 44.3 Å². The van der Waals surface area contributed by atoms with Crippen LogP contribution in [0.25, 0.3) is 22.1 Å². The molecule has 0 spiro atoms. The minimum absolute atomic E-state index is 0.0353. The Labute approximate surface area is 147 Å². The molecule has 0 aromatic carbocycles. The minimum Gasteiger partial charge on any atom is -0.392 e. The van der Waals surface area contributed by atoms with Gasteiger partial charge in [-0.05, 0) is 32.3 Å². The molecule has 25 heavy (non-hydrogen) atoms. The number of aliphatic hydroxyl groups excluding tert-OH is 1. The highest BCUT2D eigenvalue weighted by Gasteiger charge is 2.27. The van der Waals surface area contributed by atoms with Crippen LogP contribution in [0, 0.1) is 6.92 Å². The summed E-state index contributed by atoms with van der Waals surface area (Å²) in [7, 11) is 0. The maximum atomic E-state index is 9.39. The molecule has 134 valence electrons. The van der Waals surface area contributed by atoms with Gasteiger partial charge >= 0.3 is 0 Å². The Morgan fingerprint density at radius 3 is 2.80 bits per heavy atom. The smallest absolute Gasteiger partial charge is 0.139 e. The molecule has 1 saturated heterocycles. The van der Waals surface area contributed by atoms with Crippen molar-refractivity contribution in [3.63, 3.8) is 0 Å². The van der Waals surface area contributed by atoms with Gasteiger partial charge in [0.15, 0.2) is 0 Å². The van der Waals surface area contributed by atoms with Crippen molar-refractivity contribution in [2.75, 3.05) is 13.1 Å². The fourth-order valence-electron chi connectivity index (χ4n) is 4.14. The Kier molecular flexibility index (Phi) is 4.72. The number of H-pyrrole nitrogens is 2. The molecule has 5 rings (SSSR count). The molecule has 6 heteroatoms. The summed E-state index contributed by atoms with van der Waals surface area (Å²) in [6.07, 6.45) is 11.6. The first-order valence-corrected chi connectivity index (χ1v) is 9.41. The molecule has 1 unspecified atom stereocenters. The van der Waals surface area contributed by atoms with Gasteiger partial charge in [0.05, 0.1) is 17.8 Å². The van der Waals surface area contributed by atoms with Crippen LogP contribution in [-0.2, 0) is 0 Å². The molecule has 6 nitrogen and oxygen atoms in total. The molecule has 1 saturated carbocycles. The zero-order valence-electron chi connectivity index (χ0n) is 14.8. The highest BCUT2D eigenvalue weighted by atomic mass is 16.3. The summed E-state index contributed by atoms with van der Waals surface area (Å²) in [5.74, 6) is 0.922. The topological polar surface area (TPSA) is 80.8 Å². The molecule has 2 fully saturated rings. The SMILES string of the molecule is Cc1nc2c(cnc3[nH]ccc32)[nH]1.OC1CCN(C2CCCCC2)C1. The summed E-state index contributed by atoms with van der Waals surface area (Å²) < 4.78 is 0. The van der Waals surface area contributed by atoms with Crippen molar-refractivity contribution in [3.05, 3.63) is 24.3 Å². The fourth-order valence-corrected chi connectivity index (χ4v) is 4.14. The molecule has 3 N–H and O–H groups in total. The molecule has 3 aromatic heterocycles. The third kappa shape index (κ3) is 3.55. The number of aliphatic hydroxyl groups is 1. The fraction of sp³-hybridized carbons (Fsp3) is 0.579. The number of nitrogens with zero attached hydrogens (tertiary/aromatic N) is 3. The molecule has 1 aliphatic carbocycles. The average Bonchev–Trinajstić information content (AvgIpc) is 3.34. The number of likely N-dealkylation sites (tertiary alicyclic amines) is 1. The lowest BCUT2D eigenvalue weighted by Crippen LogP contribution is -2.35. The quantitative estimate of drug-likeness (QED) is 0.635. The number of aryl methyl sites for hydroxylation is 1. The predicted octanol–water partition coefficient (Wildman–Crippen LogP) is 3.13. The third-order valence-corrected chi connectivity index (χ3v) is 5.44. The van der Waals surface area contributed by atoms with Crippen LogP contribution in [0.5, 0.6) is 0 Å². The molecular weight excluding hydrogens is 314 g/mol. The number of aromatic amines is 2. The number of fused-ring (bicyclic) bond motifs is 3. The number of rotatable bonds is 1. The van der Waals surface area contributed by atoms with Gasteiger partial charge in [0.1, 0.15) is 17.0 Å². The van der Waals surface area contributed by atoms with E-state index in [1.165, 1.54) is 32.1 Å². The molecule has 2 aliphatic rings. The lowest BCUT2D eigenvalue weighted by atomic mass is 9.94. The highest BCUT2D eigenvalue weighted by molar-refractivity contribution is 6.00. The normalized spacial score (nSPS) is 22.4. The van der Waals surface area contributed by atoms with Crippen LogP contribution < -0.4 is 0 Å². The number of pyridine rings is 1. The minimum atomic E-state index is -0.0353. The van der Waals surface area contributed by atoms with E-state index in [0.717, 1.165) is 53.4 Å². The third-order valence-electron chi connectivity index (χ3n) is 5.44. The van der Waals surface area contributed by atoms with Crippen LogP contribution in [0.3, 0.4) is 0 Å². The Balaban J connectivity index is 0.000000126. The van der Waals surface area contributed by atoms with Gasteiger partial charge in [-0.15, -0.1) is 0 Å². The Bertz CT molecular complexity index is 830. The van der Waals surface area contributed by atoms with Gasteiger partial charge in [-0.2, -0.15) is 0 Å². The molecule has 4 heterocycles. The second kappa shape index (κ2) is 7.14. The van der Waals surface area contributed by atoms with Crippen LogP contribution in [0.15, 0.2) is 18.5 Å². The van der Waals surface area contributed by atoms with Gasteiger partial charge in [0, 0.05) is 30.7 Å². The molecule has 3 aromatic rings. The van der Waals surface area contributed by atoms with Crippen molar-refractivity contribution in [1.82, 2.24) is 24.8 Å². The van der Waals surface area contributed by atoms with E-state index in [1.54, 1.807) is 6.20 Å². The van der Waals surface area contributed by atoms with E-state index < -0.39 is 0 Å². The molecule has 0 bridgehead atoms. The van der Waals surface area contributed by atoms with Crippen LogP contribution in [0.2, 0.25) is 0 Å². The van der Waals surface area contributed by atoms with E-state index in [9.17, 15) is 5.11 Å². The number of hydrogen-bond donors (Lipinski definition) is 3. The Hall–Kier alpha value is -1.92. The molecule has 1 aliphatic heterocycles. The maximum absolute atomic E-state index is 9.39. The zero-order valence-corrected chi connectivity index (χ0v) is 14.8. The van der Waals surface area contributed by atoms with Crippen molar-refractivity contribution in [3.8, 4) is 0 Å². The van der Waals surface area contributed by atoms with Gasteiger partial charge in [-0.1, -0.05) is 19.3 Å². The number of aromatic nitrogens is 4. The number of imidazole rings is 1. The Morgan fingerprint density at radius 2 is 2.04 bits per heavy atom. The van der Waals surface area contributed by atoms with E-state index in [4.69, 9.17) is 0 Å². The average molecular weight is 341 g/mol. The lowest BCUT2D eigenvalue weighted by molar-refractivity contribution is 0.142. The number of β-amino-alcohol motifs (C(OH)–C–C–N with tert-alkyl or cyclic N) is 1. The summed E-state index contributed by atoms with van der Waals surface area (Å²) in [5, 5.41) is 10.5. The summed E-state index contributed by atoms with van der Waals surface area (Å²) in [5.41, 5.74) is 2.87. The van der Waals surface area contributed by atoms with E-state index in [2.05, 4.69) is 24.8 Å². The number of nitrogens with one attached hydrogen (secondary N) is 2. The summed E-state index contributed by atoms with van der Waals surface area (Å²) in [6.45, 7) is 4.01. The van der Waals surface area contributed by atoms with Gasteiger partial charge in [-0.25, -0.2) is 9.97 Å². The summed E-state index contributed by atoms with van der Waals surface area (Å²) >= 11 is 0. The second-order valence-electron chi connectivity index (χ2n) is 7.31. The highest BCUT2D eigenvalue weighted by Crippen LogP contribution is 2.25. The van der Waals surface area contributed by atoms with Gasteiger partial charge in [0.2, 0.25) is 0 Å². The molecular formula is C19H27N5O. The van der Waals surface area contributed by atoms with E-state index in [0.29, 0.717) is 0 Å². The maximum Gasteiger partial charge on any atom is 0.139 e. The van der Waals surface area contributed by atoms with Gasteiger partial charge < -0.3 is 15.1 Å². The van der Waals surface area contributed by atoms with Crippen LogP contribution >= 0.6 is 0 Å². The second-order valence-corrected chi connectivity index (χ2v) is 7.31. The standard InChI is InChI=1S/C10H19NO.C9H8N4/c12-10-6-7-11(8-10)9-4-2-1-3-5-9;1-5-12-7-4-11-9-6(2-3-10-9)8(7)13-5/h9-10,12H,1-8H2;2-4H,1H3,(H,10,11)(H,12,13). The zero-order chi connectivity index (χ0) is 17.2. The Morgan fingerprint density at radius 1 is 1.20 bits per heavy atom. The summed E-state index contributed by atoms with van der Waals surface area (Å²) in [6, 6.07) is 2.79. The first-order valence-electron chi connectivity index (χ1n) is 9.41. The monoisotopic (exact) mass is 341 g/mol. The van der Waals surface area contributed by atoms with Crippen LogP contribution in [-0.4, -0.2) is 55.2 Å². The first kappa shape index (κ1) is 16.5. The predicted molar refractivity (Wildman–Crippen MR) is 99.6 cm³/mol. The molecule has 0 amide bonds. The molecule has 1 atom stereocenters.